The molecular formula is C8H13NOS. The molecule has 0 bridgehead atoms. The largest absolute Gasteiger partial charge is 0.391 e. The molecule has 0 spiro atoms. The van der Waals surface area contributed by atoms with Gasteiger partial charge in [0.15, 0.2) is 0 Å². The summed E-state index contributed by atoms with van der Waals surface area (Å²) in [6.07, 6.45) is -0.465. The van der Waals surface area contributed by atoms with E-state index in [4.69, 9.17) is 10.8 Å². The average Bonchev–Trinajstić information content (AvgIpc) is 2.34. The molecule has 0 aliphatic heterocycles. The summed E-state index contributed by atoms with van der Waals surface area (Å²) >= 11 is 1.60. The van der Waals surface area contributed by atoms with Gasteiger partial charge in [-0.05, 0) is 30.9 Å². The van der Waals surface area contributed by atoms with Crippen LogP contribution in [0.3, 0.4) is 0 Å². The van der Waals surface area contributed by atoms with E-state index in [9.17, 15) is 0 Å². The predicted octanol–water partition coefficient (Wildman–Crippen LogP) is 1.44. The van der Waals surface area contributed by atoms with Gasteiger partial charge in [-0.15, -0.1) is 11.3 Å². The standard InChI is InChI=1S/C8H13NOS/c1-5-3-7(11-4-5)8(9)6(2)10/h3-4,6,8,10H,9H2,1-2H3. The van der Waals surface area contributed by atoms with Crippen molar-refractivity contribution in [3.05, 3.63) is 21.9 Å². The van der Waals surface area contributed by atoms with Crippen LogP contribution in [0, 0.1) is 6.92 Å². The molecule has 1 aromatic heterocycles. The fourth-order valence-corrected chi connectivity index (χ4v) is 1.86. The molecule has 0 radical (unpaired) electrons. The van der Waals surface area contributed by atoms with Crippen LogP contribution in [0.15, 0.2) is 11.4 Å². The van der Waals surface area contributed by atoms with Gasteiger partial charge in [0.2, 0.25) is 0 Å². The maximum atomic E-state index is 9.17. The van der Waals surface area contributed by atoms with Crippen LogP contribution in [0.5, 0.6) is 0 Å². The fraction of sp³-hybridized carbons (Fsp3) is 0.500. The highest BCUT2D eigenvalue weighted by Gasteiger charge is 2.12. The molecule has 0 aliphatic rings. The molecule has 0 fully saturated rings. The number of aliphatic hydroxyl groups excluding tert-OH is 1. The van der Waals surface area contributed by atoms with Crippen molar-refractivity contribution < 1.29 is 5.11 Å². The minimum Gasteiger partial charge on any atom is -0.391 e. The van der Waals surface area contributed by atoms with E-state index in [-0.39, 0.29) is 6.04 Å². The van der Waals surface area contributed by atoms with Crippen molar-refractivity contribution in [2.75, 3.05) is 0 Å². The van der Waals surface area contributed by atoms with E-state index in [1.165, 1.54) is 5.56 Å². The summed E-state index contributed by atoms with van der Waals surface area (Å²) in [4.78, 5) is 1.05. The van der Waals surface area contributed by atoms with E-state index in [1.807, 2.05) is 18.4 Å². The van der Waals surface area contributed by atoms with Gasteiger partial charge in [0.25, 0.3) is 0 Å². The molecule has 0 saturated carbocycles. The quantitative estimate of drug-likeness (QED) is 0.707. The molecule has 2 atom stereocenters. The summed E-state index contributed by atoms with van der Waals surface area (Å²) in [5, 5.41) is 11.2. The zero-order chi connectivity index (χ0) is 8.43. The maximum Gasteiger partial charge on any atom is 0.0712 e. The van der Waals surface area contributed by atoms with Crippen molar-refractivity contribution in [3.8, 4) is 0 Å². The molecule has 11 heavy (non-hydrogen) atoms. The second kappa shape index (κ2) is 3.34. The molecule has 1 heterocycles. The van der Waals surface area contributed by atoms with Crippen LogP contribution in [0.1, 0.15) is 23.4 Å². The molecule has 3 N–H and O–H groups in total. The van der Waals surface area contributed by atoms with Crippen molar-refractivity contribution >= 4 is 11.3 Å². The molecule has 0 aromatic carbocycles. The lowest BCUT2D eigenvalue weighted by Crippen LogP contribution is -2.21. The Kier molecular flexibility index (Phi) is 2.65. The van der Waals surface area contributed by atoms with Crippen LogP contribution in [-0.2, 0) is 0 Å². The van der Waals surface area contributed by atoms with Crippen molar-refractivity contribution in [2.24, 2.45) is 5.73 Å². The highest BCUT2D eigenvalue weighted by molar-refractivity contribution is 7.10. The third kappa shape index (κ3) is 2.02. The number of nitrogens with two attached hydrogens (primary N) is 1. The molecule has 0 amide bonds. The van der Waals surface area contributed by atoms with Crippen LogP contribution >= 0.6 is 11.3 Å². The first-order valence-corrected chi connectivity index (χ1v) is 4.48. The summed E-state index contributed by atoms with van der Waals surface area (Å²) in [5.74, 6) is 0. The third-order valence-electron chi connectivity index (χ3n) is 1.60. The number of aliphatic hydroxyl groups is 1. The highest BCUT2D eigenvalue weighted by Crippen LogP contribution is 2.21. The monoisotopic (exact) mass is 171 g/mol. The lowest BCUT2D eigenvalue weighted by atomic mass is 10.1. The molecule has 0 saturated heterocycles. The Morgan fingerprint density at radius 3 is 2.64 bits per heavy atom. The van der Waals surface area contributed by atoms with Gasteiger partial charge >= 0.3 is 0 Å². The van der Waals surface area contributed by atoms with E-state index >= 15 is 0 Å². The molecule has 1 rings (SSSR count). The van der Waals surface area contributed by atoms with Crippen LogP contribution < -0.4 is 5.73 Å². The van der Waals surface area contributed by atoms with Crippen LogP contribution in [0.4, 0.5) is 0 Å². The van der Waals surface area contributed by atoms with Gasteiger partial charge in [-0.1, -0.05) is 0 Å². The molecule has 62 valence electrons. The van der Waals surface area contributed by atoms with E-state index in [0.717, 1.165) is 4.88 Å². The zero-order valence-corrected chi connectivity index (χ0v) is 7.56. The smallest absolute Gasteiger partial charge is 0.0712 e. The molecule has 2 unspecified atom stereocenters. The van der Waals surface area contributed by atoms with Crippen LogP contribution in [-0.4, -0.2) is 11.2 Å². The third-order valence-corrected chi connectivity index (χ3v) is 2.75. The Balaban J connectivity index is 2.76. The second-order valence-corrected chi connectivity index (χ2v) is 3.74. The number of rotatable bonds is 2. The number of hydrogen-bond donors (Lipinski definition) is 2. The molecule has 1 aromatic rings. The van der Waals surface area contributed by atoms with Gasteiger partial charge in [-0.2, -0.15) is 0 Å². The molecular weight excluding hydrogens is 158 g/mol. The summed E-state index contributed by atoms with van der Waals surface area (Å²) in [6, 6.07) is 1.79. The van der Waals surface area contributed by atoms with Gasteiger partial charge in [0.05, 0.1) is 12.1 Å². The first kappa shape index (κ1) is 8.71. The lowest BCUT2D eigenvalue weighted by Gasteiger charge is -2.11. The molecule has 3 heteroatoms. The second-order valence-electron chi connectivity index (χ2n) is 2.79. The van der Waals surface area contributed by atoms with Crippen molar-refractivity contribution in [1.29, 1.82) is 0 Å². The maximum absolute atomic E-state index is 9.17. The topological polar surface area (TPSA) is 46.2 Å². The average molecular weight is 171 g/mol. The predicted molar refractivity (Wildman–Crippen MR) is 47.7 cm³/mol. The van der Waals surface area contributed by atoms with E-state index in [0.29, 0.717) is 0 Å². The Labute approximate surface area is 70.7 Å². The van der Waals surface area contributed by atoms with Gasteiger partial charge in [0, 0.05) is 4.88 Å². The Morgan fingerprint density at radius 2 is 2.27 bits per heavy atom. The van der Waals surface area contributed by atoms with Crippen LogP contribution in [0.2, 0.25) is 0 Å². The highest BCUT2D eigenvalue weighted by atomic mass is 32.1. The van der Waals surface area contributed by atoms with E-state index in [2.05, 4.69) is 0 Å². The molecule has 0 aliphatic carbocycles. The van der Waals surface area contributed by atoms with Gasteiger partial charge in [-0.25, -0.2) is 0 Å². The Hall–Kier alpha value is -0.380. The first-order valence-electron chi connectivity index (χ1n) is 3.60. The first-order chi connectivity index (χ1) is 5.11. The molecule has 2 nitrogen and oxygen atoms in total. The number of thiophene rings is 1. The normalized spacial score (nSPS) is 16.4. The van der Waals surface area contributed by atoms with Crippen molar-refractivity contribution in [1.82, 2.24) is 0 Å². The van der Waals surface area contributed by atoms with Crippen molar-refractivity contribution in [2.45, 2.75) is 26.0 Å². The number of aryl methyl sites for hydroxylation is 1. The fourth-order valence-electron chi connectivity index (χ4n) is 0.866. The summed E-state index contributed by atoms with van der Waals surface area (Å²) in [5.41, 5.74) is 6.92. The van der Waals surface area contributed by atoms with Gasteiger partial charge in [0.1, 0.15) is 0 Å². The van der Waals surface area contributed by atoms with Crippen molar-refractivity contribution in [3.63, 3.8) is 0 Å². The number of hydrogen-bond acceptors (Lipinski definition) is 3. The minimum absolute atomic E-state index is 0.228. The Bertz CT molecular complexity index is 232. The Morgan fingerprint density at radius 1 is 1.64 bits per heavy atom. The summed E-state index contributed by atoms with van der Waals surface area (Å²) in [6.45, 7) is 3.73. The van der Waals surface area contributed by atoms with Gasteiger partial charge < -0.3 is 10.8 Å². The zero-order valence-electron chi connectivity index (χ0n) is 6.74. The van der Waals surface area contributed by atoms with E-state index in [1.54, 1.807) is 18.3 Å². The lowest BCUT2D eigenvalue weighted by molar-refractivity contribution is 0.165. The summed E-state index contributed by atoms with van der Waals surface area (Å²) < 4.78 is 0. The SMILES string of the molecule is Cc1csc(C(N)C(C)O)c1. The summed E-state index contributed by atoms with van der Waals surface area (Å²) in [7, 11) is 0. The van der Waals surface area contributed by atoms with Gasteiger partial charge in [-0.3, -0.25) is 0 Å². The van der Waals surface area contributed by atoms with E-state index < -0.39 is 6.10 Å². The van der Waals surface area contributed by atoms with Crippen LogP contribution in [0.25, 0.3) is 0 Å². The minimum atomic E-state index is -0.465.